The van der Waals surface area contributed by atoms with Crippen molar-refractivity contribution in [1.29, 1.82) is 0 Å². The fourth-order valence-electron chi connectivity index (χ4n) is 2.65. The van der Waals surface area contributed by atoms with Crippen molar-refractivity contribution in [3.05, 3.63) is 33.4 Å². The lowest BCUT2D eigenvalue weighted by atomic mass is 10.0. The zero-order valence-corrected chi connectivity index (χ0v) is 15.0. The first-order chi connectivity index (χ1) is 11.0. The molecule has 0 spiro atoms. The highest BCUT2D eigenvalue weighted by Gasteiger charge is 2.23. The van der Waals surface area contributed by atoms with Gasteiger partial charge in [0.1, 0.15) is 11.3 Å². The predicted molar refractivity (Wildman–Crippen MR) is 91.1 cm³/mol. The van der Waals surface area contributed by atoms with Gasteiger partial charge in [0.25, 0.3) is 5.91 Å². The zero-order valence-electron chi connectivity index (χ0n) is 15.0. The van der Waals surface area contributed by atoms with Gasteiger partial charge < -0.3 is 14.1 Å². The standard InChI is InChI=1S/C18H29NO4/c1-6-8-13(3)15-12-14(4)16(18(21)23-15)17(20)19(9-7-2)10-11-22-5/h12-13H,6-11H2,1-5H3. The van der Waals surface area contributed by atoms with E-state index < -0.39 is 5.63 Å². The second kappa shape index (κ2) is 9.50. The first-order valence-corrected chi connectivity index (χ1v) is 8.39. The van der Waals surface area contributed by atoms with E-state index in [0.717, 1.165) is 19.3 Å². The molecule has 1 atom stereocenters. The lowest BCUT2D eigenvalue weighted by Gasteiger charge is -2.22. The molecular formula is C18H29NO4. The van der Waals surface area contributed by atoms with Crippen LogP contribution in [-0.4, -0.2) is 37.6 Å². The highest BCUT2D eigenvalue weighted by atomic mass is 16.5. The highest BCUT2D eigenvalue weighted by molar-refractivity contribution is 5.95. The number of methoxy groups -OCH3 is 1. The summed E-state index contributed by atoms with van der Waals surface area (Å²) in [5, 5.41) is 0. The summed E-state index contributed by atoms with van der Waals surface area (Å²) in [6.07, 6.45) is 2.79. The summed E-state index contributed by atoms with van der Waals surface area (Å²) in [4.78, 5) is 26.7. The minimum atomic E-state index is -0.536. The van der Waals surface area contributed by atoms with E-state index in [4.69, 9.17) is 9.15 Å². The molecule has 1 heterocycles. The number of nitrogens with zero attached hydrogens (tertiary/aromatic N) is 1. The van der Waals surface area contributed by atoms with E-state index in [1.54, 1.807) is 18.9 Å². The summed E-state index contributed by atoms with van der Waals surface area (Å²) in [7, 11) is 1.60. The Morgan fingerprint density at radius 3 is 2.52 bits per heavy atom. The van der Waals surface area contributed by atoms with Crippen molar-refractivity contribution < 1.29 is 13.9 Å². The van der Waals surface area contributed by atoms with Crippen LogP contribution in [0.15, 0.2) is 15.3 Å². The monoisotopic (exact) mass is 323 g/mol. The molecule has 130 valence electrons. The summed E-state index contributed by atoms with van der Waals surface area (Å²) >= 11 is 0. The minimum Gasteiger partial charge on any atom is -0.427 e. The molecule has 0 aliphatic rings. The lowest BCUT2D eigenvalue weighted by molar-refractivity contribution is 0.0690. The van der Waals surface area contributed by atoms with E-state index in [1.807, 2.05) is 19.9 Å². The Bertz CT molecular complexity index is 565. The Kier molecular flexibility index (Phi) is 8.03. The molecule has 1 aromatic rings. The minimum absolute atomic E-state index is 0.141. The van der Waals surface area contributed by atoms with Gasteiger partial charge in [-0.05, 0) is 31.4 Å². The van der Waals surface area contributed by atoms with E-state index >= 15 is 0 Å². The van der Waals surface area contributed by atoms with Crippen molar-refractivity contribution in [3.8, 4) is 0 Å². The molecule has 0 aliphatic carbocycles. The van der Waals surface area contributed by atoms with Crippen LogP contribution in [0.5, 0.6) is 0 Å². The van der Waals surface area contributed by atoms with Crippen LogP contribution < -0.4 is 5.63 Å². The molecule has 0 bridgehead atoms. The third kappa shape index (κ3) is 5.20. The number of hydrogen-bond acceptors (Lipinski definition) is 4. The van der Waals surface area contributed by atoms with Gasteiger partial charge in [0.05, 0.1) is 6.61 Å². The maximum absolute atomic E-state index is 12.7. The van der Waals surface area contributed by atoms with Gasteiger partial charge in [-0.2, -0.15) is 0 Å². The van der Waals surface area contributed by atoms with Crippen LogP contribution in [0.2, 0.25) is 0 Å². The van der Waals surface area contributed by atoms with Gasteiger partial charge in [-0.25, -0.2) is 4.79 Å². The molecule has 1 rings (SSSR count). The Hall–Kier alpha value is -1.62. The molecule has 0 N–H and O–H groups in total. The molecule has 1 amide bonds. The Morgan fingerprint density at radius 2 is 2.00 bits per heavy atom. The summed E-state index contributed by atoms with van der Waals surface area (Å²) < 4.78 is 10.5. The average Bonchev–Trinajstić information content (AvgIpc) is 2.50. The van der Waals surface area contributed by atoms with Crippen molar-refractivity contribution in [2.45, 2.75) is 52.9 Å². The maximum Gasteiger partial charge on any atom is 0.349 e. The third-order valence-electron chi connectivity index (χ3n) is 3.94. The summed E-state index contributed by atoms with van der Waals surface area (Å²) in [6, 6.07) is 1.83. The number of hydrogen-bond donors (Lipinski definition) is 0. The molecule has 0 saturated carbocycles. The third-order valence-corrected chi connectivity index (χ3v) is 3.94. The molecule has 1 aromatic heterocycles. The van der Waals surface area contributed by atoms with Crippen LogP contribution in [0.1, 0.15) is 67.6 Å². The van der Waals surface area contributed by atoms with Gasteiger partial charge in [-0.15, -0.1) is 0 Å². The molecule has 0 saturated heterocycles. The van der Waals surface area contributed by atoms with Crippen molar-refractivity contribution in [2.24, 2.45) is 0 Å². The maximum atomic E-state index is 12.7. The van der Waals surface area contributed by atoms with Gasteiger partial charge in [0, 0.05) is 26.1 Å². The molecule has 23 heavy (non-hydrogen) atoms. The number of carbonyl (C=O) groups is 1. The second-order valence-corrected chi connectivity index (χ2v) is 5.97. The summed E-state index contributed by atoms with van der Waals surface area (Å²) in [5.41, 5.74) is 0.288. The van der Waals surface area contributed by atoms with Gasteiger partial charge in [-0.3, -0.25) is 4.79 Å². The molecule has 0 radical (unpaired) electrons. The van der Waals surface area contributed by atoms with Crippen LogP contribution >= 0.6 is 0 Å². The van der Waals surface area contributed by atoms with Crippen LogP contribution in [0, 0.1) is 6.92 Å². The number of amides is 1. The van der Waals surface area contributed by atoms with Crippen molar-refractivity contribution >= 4 is 5.91 Å². The Balaban J connectivity index is 3.11. The van der Waals surface area contributed by atoms with Crippen molar-refractivity contribution in [3.63, 3.8) is 0 Å². The SMILES string of the molecule is CCCC(C)c1cc(C)c(C(=O)N(CCC)CCOC)c(=O)o1. The van der Waals surface area contributed by atoms with E-state index in [2.05, 4.69) is 6.92 Å². The average molecular weight is 323 g/mol. The van der Waals surface area contributed by atoms with E-state index in [-0.39, 0.29) is 17.4 Å². The number of aryl methyl sites for hydroxylation is 1. The largest absolute Gasteiger partial charge is 0.427 e. The number of carbonyl (C=O) groups excluding carboxylic acids is 1. The molecule has 5 heteroatoms. The Labute approximate surface area is 138 Å². The quantitative estimate of drug-likeness (QED) is 0.699. The fraction of sp³-hybridized carbons (Fsp3) is 0.667. The molecule has 1 unspecified atom stereocenters. The van der Waals surface area contributed by atoms with E-state index in [9.17, 15) is 9.59 Å². The van der Waals surface area contributed by atoms with Gasteiger partial charge in [0.15, 0.2) is 0 Å². The van der Waals surface area contributed by atoms with Gasteiger partial charge in [-0.1, -0.05) is 27.2 Å². The first kappa shape index (κ1) is 19.4. The van der Waals surface area contributed by atoms with Crippen LogP contribution in [-0.2, 0) is 4.74 Å². The molecule has 0 aromatic carbocycles. The van der Waals surface area contributed by atoms with E-state index in [1.165, 1.54) is 0 Å². The second-order valence-electron chi connectivity index (χ2n) is 5.97. The smallest absolute Gasteiger partial charge is 0.349 e. The highest BCUT2D eigenvalue weighted by Crippen LogP contribution is 2.21. The Morgan fingerprint density at radius 1 is 1.30 bits per heavy atom. The number of rotatable bonds is 9. The van der Waals surface area contributed by atoms with E-state index in [0.29, 0.717) is 31.0 Å². The summed E-state index contributed by atoms with van der Waals surface area (Å²) in [5.74, 6) is 0.561. The van der Waals surface area contributed by atoms with Crippen molar-refractivity contribution in [2.75, 3.05) is 26.8 Å². The molecule has 0 aliphatic heterocycles. The topological polar surface area (TPSA) is 59.8 Å². The van der Waals surface area contributed by atoms with Crippen molar-refractivity contribution in [1.82, 2.24) is 4.90 Å². The molecule has 5 nitrogen and oxygen atoms in total. The lowest BCUT2D eigenvalue weighted by Crippen LogP contribution is -2.37. The van der Waals surface area contributed by atoms with Crippen LogP contribution in [0.3, 0.4) is 0 Å². The molecule has 0 fully saturated rings. The number of ether oxygens (including phenoxy) is 1. The fourth-order valence-corrected chi connectivity index (χ4v) is 2.65. The van der Waals surface area contributed by atoms with Crippen LogP contribution in [0.25, 0.3) is 0 Å². The van der Waals surface area contributed by atoms with Gasteiger partial charge in [0.2, 0.25) is 0 Å². The zero-order chi connectivity index (χ0) is 17.4. The predicted octanol–water partition coefficient (Wildman–Crippen LogP) is 3.35. The summed E-state index contributed by atoms with van der Waals surface area (Å²) in [6.45, 7) is 9.43. The normalized spacial score (nSPS) is 12.2. The molecular weight excluding hydrogens is 294 g/mol. The van der Waals surface area contributed by atoms with Crippen LogP contribution in [0.4, 0.5) is 0 Å². The first-order valence-electron chi connectivity index (χ1n) is 8.39. The van der Waals surface area contributed by atoms with Gasteiger partial charge >= 0.3 is 5.63 Å².